The topological polar surface area (TPSA) is 98.0 Å². The number of rotatable bonds is 7. The summed E-state index contributed by atoms with van der Waals surface area (Å²) in [7, 11) is 0. The first kappa shape index (κ1) is 22.8. The molecular weight excluding hydrogens is 423 g/mol. The van der Waals surface area contributed by atoms with Crippen molar-refractivity contribution in [1.29, 1.82) is 0 Å². The minimum Gasteiger partial charge on any atom is -0.338 e. The molecule has 1 aliphatic carbocycles. The molecule has 1 fully saturated rings. The van der Waals surface area contributed by atoms with E-state index < -0.39 is 0 Å². The molecule has 2 aromatic heterocycles. The molecule has 1 aliphatic rings. The number of carbonyl (C=O) groups is 2. The second-order valence-electron chi connectivity index (χ2n) is 9.50. The Morgan fingerprint density at radius 1 is 1.21 bits per heavy atom. The van der Waals surface area contributed by atoms with Gasteiger partial charge in [-0.15, -0.1) is 0 Å². The predicted octanol–water partition coefficient (Wildman–Crippen LogP) is 5.04. The molecule has 0 aliphatic heterocycles. The Morgan fingerprint density at radius 2 is 1.97 bits per heavy atom. The number of Topliss-reactive ketones (excluding diaryl/α,β-unsaturated/α-hetero) is 1. The van der Waals surface area contributed by atoms with Gasteiger partial charge in [0.2, 0.25) is 23.4 Å². The monoisotopic (exact) mass is 450 g/mol. The summed E-state index contributed by atoms with van der Waals surface area (Å²) in [6.45, 7) is 7.46. The number of halogens is 1. The van der Waals surface area contributed by atoms with Crippen LogP contribution >= 0.6 is 0 Å². The van der Waals surface area contributed by atoms with Gasteiger partial charge in [-0.25, -0.2) is 9.37 Å². The van der Waals surface area contributed by atoms with Crippen molar-refractivity contribution in [3.63, 3.8) is 0 Å². The van der Waals surface area contributed by atoms with E-state index in [0.29, 0.717) is 28.4 Å². The molecule has 0 bridgehead atoms. The number of carbonyl (C=O) groups excluding carboxylic acids is 2. The minimum atomic E-state index is -0.357. The van der Waals surface area contributed by atoms with Crippen LogP contribution in [0.1, 0.15) is 67.7 Å². The zero-order chi connectivity index (χ0) is 23.8. The molecule has 4 rings (SSSR count). The number of aromatic nitrogens is 3. The van der Waals surface area contributed by atoms with Gasteiger partial charge in [0.15, 0.2) is 0 Å². The van der Waals surface area contributed by atoms with E-state index in [1.807, 2.05) is 26.8 Å². The van der Waals surface area contributed by atoms with Gasteiger partial charge < -0.3 is 9.84 Å². The summed E-state index contributed by atoms with van der Waals surface area (Å²) >= 11 is 0. The van der Waals surface area contributed by atoms with Crippen molar-refractivity contribution in [2.24, 2.45) is 5.92 Å². The van der Waals surface area contributed by atoms with Crippen LogP contribution in [-0.2, 0) is 16.6 Å². The van der Waals surface area contributed by atoms with Gasteiger partial charge in [-0.05, 0) is 60.6 Å². The van der Waals surface area contributed by atoms with Crippen LogP contribution in [0.15, 0.2) is 35.0 Å². The largest absolute Gasteiger partial charge is 0.338 e. The van der Waals surface area contributed by atoms with E-state index in [1.54, 1.807) is 31.3 Å². The molecule has 1 aromatic carbocycles. The predicted molar refractivity (Wildman–Crippen MR) is 121 cm³/mol. The van der Waals surface area contributed by atoms with E-state index in [9.17, 15) is 9.59 Å². The highest BCUT2D eigenvalue weighted by molar-refractivity contribution is 5.94. The van der Waals surface area contributed by atoms with Gasteiger partial charge in [-0.2, -0.15) is 4.98 Å². The van der Waals surface area contributed by atoms with Gasteiger partial charge in [-0.1, -0.05) is 38.1 Å². The Labute approximate surface area is 191 Å². The van der Waals surface area contributed by atoms with Crippen LogP contribution in [0.25, 0.3) is 11.1 Å². The van der Waals surface area contributed by atoms with Crippen LogP contribution in [-0.4, -0.2) is 26.8 Å². The number of hydrogen-bond acceptors (Lipinski definition) is 6. The lowest BCUT2D eigenvalue weighted by Crippen LogP contribution is -2.14. The maximum absolute atomic E-state index is 15.1. The highest BCUT2D eigenvalue weighted by atomic mass is 19.1. The van der Waals surface area contributed by atoms with Crippen molar-refractivity contribution in [3.8, 4) is 11.1 Å². The van der Waals surface area contributed by atoms with E-state index in [2.05, 4.69) is 20.4 Å². The van der Waals surface area contributed by atoms with Crippen LogP contribution in [0.4, 0.5) is 10.2 Å². The fourth-order valence-corrected chi connectivity index (χ4v) is 3.49. The molecule has 2 heterocycles. The van der Waals surface area contributed by atoms with E-state index in [-0.39, 0.29) is 47.5 Å². The maximum atomic E-state index is 15.1. The Hall–Kier alpha value is -3.42. The van der Waals surface area contributed by atoms with Gasteiger partial charge in [-0.3, -0.25) is 9.59 Å². The third-order valence-electron chi connectivity index (χ3n) is 5.68. The second kappa shape index (κ2) is 8.84. The fraction of sp³-hybridized carbons (Fsp3) is 0.400. The maximum Gasteiger partial charge on any atom is 0.238 e. The summed E-state index contributed by atoms with van der Waals surface area (Å²) in [6, 6.07) is 7.03. The minimum absolute atomic E-state index is 0.0197. The number of hydrogen-bond donors (Lipinski definition) is 1. The molecule has 0 atom stereocenters. The first-order valence-corrected chi connectivity index (χ1v) is 11.1. The summed E-state index contributed by atoms with van der Waals surface area (Å²) in [4.78, 5) is 32.9. The average Bonchev–Trinajstić information content (AvgIpc) is 3.49. The van der Waals surface area contributed by atoms with E-state index >= 15 is 4.39 Å². The first-order chi connectivity index (χ1) is 15.6. The molecular formula is C25H27FN4O3. The second-order valence-corrected chi connectivity index (χ2v) is 9.50. The Bertz CT molecular complexity index is 1210. The summed E-state index contributed by atoms with van der Waals surface area (Å²) in [5, 5.41) is 6.58. The summed E-state index contributed by atoms with van der Waals surface area (Å²) in [5.74, 6) is 0.259. The highest BCUT2D eigenvalue weighted by Crippen LogP contribution is 2.32. The van der Waals surface area contributed by atoms with Crippen molar-refractivity contribution >= 4 is 17.5 Å². The number of ketones is 1. The average molecular weight is 451 g/mol. The van der Waals surface area contributed by atoms with Gasteiger partial charge in [0, 0.05) is 24.0 Å². The van der Waals surface area contributed by atoms with Crippen molar-refractivity contribution in [3.05, 3.63) is 59.1 Å². The molecule has 172 valence electrons. The lowest BCUT2D eigenvalue weighted by molar-refractivity contribution is -0.117. The van der Waals surface area contributed by atoms with Crippen LogP contribution in [0.2, 0.25) is 0 Å². The van der Waals surface area contributed by atoms with Crippen LogP contribution in [0.3, 0.4) is 0 Å². The van der Waals surface area contributed by atoms with Crippen LogP contribution in [0.5, 0.6) is 0 Å². The number of amides is 1. The van der Waals surface area contributed by atoms with Gasteiger partial charge in [0.1, 0.15) is 11.6 Å². The molecule has 1 N–H and O–H groups in total. The molecule has 1 amide bonds. The lowest BCUT2D eigenvalue weighted by atomic mass is 9.96. The summed E-state index contributed by atoms with van der Waals surface area (Å²) in [5.41, 5.74) is 2.04. The number of aryl methyl sites for hydroxylation is 1. The number of benzene rings is 1. The first-order valence-electron chi connectivity index (χ1n) is 11.1. The molecule has 0 spiro atoms. The van der Waals surface area contributed by atoms with E-state index in [1.165, 1.54) is 0 Å². The van der Waals surface area contributed by atoms with Crippen molar-refractivity contribution in [2.45, 2.75) is 58.8 Å². The quantitative estimate of drug-likeness (QED) is 0.507. The SMILES string of the molecule is Cc1c(-c2ccnc(NC(=O)C3CC3)c2)ccc(CCC(=O)c2noc(C(C)(C)C)n2)c1F. The fourth-order valence-electron chi connectivity index (χ4n) is 3.49. The number of nitrogens with one attached hydrogen (secondary N) is 1. The van der Waals surface area contributed by atoms with Crippen molar-refractivity contribution < 1.29 is 18.5 Å². The Kier molecular flexibility index (Phi) is 6.10. The number of pyridine rings is 1. The molecule has 33 heavy (non-hydrogen) atoms. The smallest absolute Gasteiger partial charge is 0.238 e. The Balaban J connectivity index is 1.47. The summed E-state index contributed by atoms with van der Waals surface area (Å²) < 4.78 is 20.3. The molecule has 8 heteroatoms. The highest BCUT2D eigenvalue weighted by Gasteiger charge is 2.30. The van der Waals surface area contributed by atoms with Gasteiger partial charge in [0.05, 0.1) is 0 Å². The lowest BCUT2D eigenvalue weighted by Gasteiger charge is -2.12. The van der Waals surface area contributed by atoms with Crippen molar-refractivity contribution in [2.75, 3.05) is 5.32 Å². The third-order valence-corrected chi connectivity index (χ3v) is 5.68. The van der Waals surface area contributed by atoms with Crippen LogP contribution < -0.4 is 5.32 Å². The Morgan fingerprint density at radius 3 is 2.64 bits per heavy atom. The molecule has 0 radical (unpaired) electrons. The molecule has 0 saturated heterocycles. The summed E-state index contributed by atoms with van der Waals surface area (Å²) in [6.07, 6.45) is 3.71. The third kappa shape index (κ3) is 5.16. The number of nitrogens with zero attached hydrogens (tertiary/aromatic N) is 3. The molecule has 0 unspecified atom stereocenters. The normalized spacial score (nSPS) is 13.7. The standard InChI is InChI=1S/C25H27FN4O3/c1-14-18(17-11-12-27-20(13-17)28-23(32)16-5-6-16)9-7-15(21(14)26)8-10-19(31)22-29-24(33-30-22)25(2,3)4/h7,9,11-13,16H,5-6,8,10H2,1-4H3,(H,27,28,32). The van der Waals surface area contributed by atoms with E-state index in [0.717, 1.165) is 18.4 Å². The van der Waals surface area contributed by atoms with Crippen molar-refractivity contribution in [1.82, 2.24) is 15.1 Å². The molecule has 7 nitrogen and oxygen atoms in total. The van der Waals surface area contributed by atoms with Crippen LogP contribution in [0, 0.1) is 18.7 Å². The van der Waals surface area contributed by atoms with Gasteiger partial charge >= 0.3 is 0 Å². The van der Waals surface area contributed by atoms with E-state index in [4.69, 9.17) is 4.52 Å². The number of anilines is 1. The molecule has 3 aromatic rings. The molecule has 1 saturated carbocycles. The zero-order valence-electron chi connectivity index (χ0n) is 19.2. The van der Waals surface area contributed by atoms with Gasteiger partial charge in [0.25, 0.3) is 0 Å². The zero-order valence-corrected chi connectivity index (χ0v) is 19.2.